The Kier molecular flexibility index (Phi) is 4.65. The lowest BCUT2D eigenvalue weighted by molar-refractivity contribution is -0.130. The number of cyclic esters (lactones) is 1. The Balaban J connectivity index is 1.78. The number of rotatable bonds is 4. The maximum absolute atomic E-state index is 12.9. The largest absolute Gasteiger partial charge is 0.447 e. The predicted molar refractivity (Wildman–Crippen MR) is 91.7 cm³/mol. The van der Waals surface area contributed by atoms with Gasteiger partial charge in [-0.25, -0.2) is 9.69 Å². The first-order valence-electron chi connectivity index (χ1n) is 8.16. The minimum absolute atomic E-state index is 0.206. The molecule has 0 unspecified atom stereocenters. The molecule has 1 aliphatic heterocycles. The highest BCUT2D eigenvalue weighted by atomic mass is 16.6. The summed E-state index contributed by atoms with van der Waals surface area (Å²) < 4.78 is 5.14. The Hall–Kier alpha value is -2.62. The van der Waals surface area contributed by atoms with Crippen molar-refractivity contribution in [1.82, 2.24) is 4.90 Å². The molecule has 0 bridgehead atoms. The van der Waals surface area contributed by atoms with Crippen molar-refractivity contribution in [2.45, 2.75) is 32.2 Å². The first-order chi connectivity index (χ1) is 11.6. The van der Waals surface area contributed by atoms with E-state index in [1.807, 2.05) is 68.4 Å². The van der Waals surface area contributed by atoms with Gasteiger partial charge in [0.1, 0.15) is 6.61 Å². The quantitative estimate of drug-likeness (QED) is 0.862. The van der Waals surface area contributed by atoms with Gasteiger partial charge in [-0.05, 0) is 31.4 Å². The van der Waals surface area contributed by atoms with E-state index in [1.54, 1.807) is 0 Å². The van der Waals surface area contributed by atoms with Crippen LogP contribution in [0.1, 0.15) is 29.5 Å². The number of imide groups is 1. The smallest absolute Gasteiger partial charge is 0.417 e. The van der Waals surface area contributed by atoms with Crippen molar-refractivity contribution in [2.75, 3.05) is 6.61 Å². The second-order valence-electron chi connectivity index (χ2n) is 6.26. The fourth-order valence-electron chi connectivity index (χ4n) is 2.97. The highest BCUT2D eigenvalue weighted by molar-refractivity contribution is 5.97. The van der Waals surface area contributed by atoms with Crippen LogP contribution in [-0.2, 0) is 16.0 Å². The van der Waals surface area contributed by atoms with E-state index in [1.165, 1.54) is 4.90 Å². The van der Waals surface area contributed by atoms with Crippen LogP contribution in [-0.4, -0.2) is 29.5 Å². The Morgan fingerprint density at radius 3 is 2.50 bits per heavy atom. The average molecular weight is 323 g/mol. The minimum atomic E-state index is -0.542. The van der Waals surface area contributed by atoms with Gasteiger partial charge in [-0.2, -0.15) is 0 Å². The van der Waals surface area contributed by atoms with Gasteiger partial charge < -0.3 is 4.74 Å². The van der Waals surface area contributed by atoms with Crippen LogP contribution in [0.15, 0.2) is 54.6 Å². The molecule has 2 atom stereocenters. The SMILES string of the molecule is Cc1ccc([C@H](C)C(=O)N2C(=O)OC[C@@H]2Cc2ccccc2)cc1. The molecular formula is C20H21NO3. The van der Waals surface area contributed by atoms with Crippen molar-refractivity contribution >= 4 is 12.0 Å². The highest BCUT2D eigenvalue weighted by Crippen LogP contribution is 2.24. The molecule has 4 heteroatoms. The van der Waals surface area contributed by atoms with E-state index in [4.69, 9.17) is 4.74 Å². The number of nitrogens with zero attached hydrogens (tertiary/aromatic N) is 1. The number of hydrogen-bond donors (Lipinski definition) is 0. The second-order valence-corrected chi connectivity index (χ2v) is 6.26. The third-order valence-electron chi connectivity index (χ3n) is 4.46. The normalized spacial score (nSPS) is 18.3. The highest BCUT2D eigenvalue weighted by Gasteiger charge is 2.39. The standard InChI is InChI=1S/C20H21NO3/c1-14-8-10-17(11-9-14)15(2)19(22)21-18(13-24-20(21)23)12-16-6-4-3-5-7-16/h3-11,15,18H,12-13H2,1-2H3/t15-,18-/m0/s1. The lowest BCUT2D eigenvalue weighted by atomic mass is 9.97. The summed E-state index contributed by atoms with van der Waals surface area (Å²) in [5.41, 5.74) is 3.13. The number of carbonyl (C=O) groups is 2. The number of benzene rings is 2. The maximum atomic E-state index is 12.9. The van der Waals surface area contributed by atoms with Gasteiger partial charge in [-0.1, -0.05) is 60.2 Å². The van der Waals surface area contributed by atoms with E-state index < -0.39 is 6.09 Å². The van der Waals surface area contributed by atoms with Crippen molar-refractivity contribution in [3.8, 4) is 0 Å². The van der Waals surface area contributed by atoms with Crippen molar-refractivity contribution < 1.29 is 14.3 Å². The van der Waals surface area contributed by atoms with Crippen LogP contribution in [0.3, 0.4) is 0 Å². The topological polar surface area (TPSA) is 46.6 Å². The third kappa shape index (κ3) is 3.32. The van der Waals surface area contributed by atoms with Crippen molar-refractivity contribution in [3.05, 3.63) is 71.3 Å². The molecular weight excluding hydrogens is 302 g/mol. The van der Waals surface area contributed by atoms with E-state index in [2.05, 4.69) is 0 Å². The monoisotopic (exact) mass is 323 g/mol. The molecule has 1 saturated heterocycles. The van der Waals surface area contributed by atoms with Crippen LogP contribution in [0.25, 0.3) is 0 Å². The molecule has 2 amide bonds. The first kappa shape index (κ1) is 16.2. The predicted octanol–water partition coefficient (Wildman–Crippen LogP) is 3.69. The zero-order chi connectivity index (χ0) is 17.1. The Morgan fingerprint density at radius 1 is 1.17 bits per heavy atom. The third-order valence-corrected chi connectivity index (χ3v) is 4.46. The van der Waals surface area contributed by atoms with E-state index in [9.17, 15) is 9.59 Å². The number of carbonyl (C=O) groups excluding carboxylic acids is 2. The molecule has 124 valence electrons. The molecule has 1 fully saturated rings. The van der Waals surface area contributed by atoms with Crippen molar-refractivity contribution in [1.29, 1.82) is 0 Å². The molecule has 1 heterocycles. The number of ether oxygens (including phenoxy) is 1. The number of aryl methyl sites for hydroxylation is 1. The van der Waals surface area contributed by atoms with Crippen LogP contribution in [0.5, 0.6) is 0 Å². The fourth-order valence-corrected chi connectivity index (χ4v) is 2.97. The minimum Gasteiger partial charge on any atom is -0.447 e. The van der Waals surface area contributed by atoms with Crippen molar-refractivity contribution in [3.63, 3.8) is 0 Å². The Labute approximate surface area is 142 Å². The van der Waals surface area contributed by atoms with E-state index >= 15 is 0 Å². The molecule has 0 spiro atoms. The zero-order valence-electron chi connectivity index (χ0n) is 13.9. The van der Waals surface area contributed by atoms with E-state index in [0.717, 1.165) is 16.7 Å². The summed E-state index contributed by atoms with van der Waals surface area (Å²) in [5, 5.41) is 0. The van der Waals surface area contributed by atoms with Gasteiger partial charge in [-0.15, -0.1) is 0 Å². The summed E-state index contributed by atoms with van der Waals surface area (Å²) in [6.07, 6.45) is 0.0683. The Morgan fingerprint density at radius 2 is 1.83 bits per heavy atom. The molecule has 4 nitrogen and oxygen atoms in total. The molecule has 24 heavy (non-hydrogen) atoms. The Bertz CT molecular complexity index is 724. The summed E-state index contributed by atoms with van der Waals surface area (Å²) in [6, 6.07) is 17.4. The molecule has 0 N–H and O–H groups in total. The van der Waals surface area contributed by atoms with Gasteiger partial charge >= 0.3 is 6.09 Å². The molecule has 2 aromatic carbocycles. The summed E-state index contributed by atoms with van der Waals surface area (Å²) >= 11 is 0. The lowest BCUT2D eigenvalue weighted by Crippen LogP contribution is -2.42. The summed E-state index contributed by atoms with van der Waals surface area (Å²) in [4.78, 5) is 26.2. The average Bonchev–Trinajstić information content (AvgIpc) is 2.95. The van der Waals surface area contributed by atoms with Gasteiger partial charge in [0.25, 0.3) is 0 Å². The van der Waals surface area contributed by atoms with Crippen LogP contribution < -0.4 is 0 Å². The summed E-state index contributed by atoms with van der Waals surface area (Å²) in [7, 11) is 0. The molecule has 3 rings (SSSR count). The van der Waals surface area contributed by atoms with E-state index in [-0.39, 0.29) is 24.5 Å². The van der Waals surface area contributed by atoms with Crippen LogP contribution in [0.4, 0.5) is 4.79 Å². The molecule has 0 saturated carbocycles. The van der Waals surface area contributed by atoms with Crippen molar-refractivity contribution in [2.24, 2.45) is 0 Å². The lowest BCUT2D eigenvalue weighted by Gasteiger charge is -2.23. The molecule has 2 aromatic rings. The fraction of sp³-hybridized carbons (Fsp3) is 0.300. The molecule has 0 aromatic heterocycles. The zero-order valence-corrected chi connectivity index (χ0v) is 13.9. The maximum Gasteiger partial charge on any atom is 0.417 e. The van der Waals surface area contributed by atoms with Gasteiger partial charge in [0.2, 0.25) is 5.91 Å². The molecule has 0 aliphatic carbocycles. The van der Waals surface area contributed by atoms with Gasteiger partial charge in [0.15, 0.2) is 0 Å². The van der Waals surface area contributed by atoms with Crippen LogP contribution in [0, 0.1) is 6.92 Å². The molecule has 0 radical (unpaired) electrons. The number of amides is 2. The van der Waals surface area contributed by atoms with Crippen LogP contribution in [0.2, 0.25) is 0 Å². The first-order valence-corrected chi connectivity index (χ1v) is 8.16. The number of hydrogen-bond acceptors (Lipinski definition) is 3. The summed E-state index contributed by atoms with van der Waals surface area (Å²) in [5.74, 6) is -0.586. The summed E-state index contributed by atoms with van der Waals surface area (Å²) in [6.45, 7) is 4.09. The van der Waals surface area contributed by atoms with Gasteiger partial charge in [0, 0.05) is 0 Å². The van der Waals surface area contributed by atoms with E-state index in [0.29, 0.717) is 6.42 Å². The second kappa shape index (κ2) is 6.87. The van der Waals surface area contributed by atoms with Gasteiger partial charge in [0.05, 0.1) is 12.0 Å². The van der Waals surface area contributed by atoms with Gasteiger partial charge in [-0.3, -0.25) is 4.79 Å². The molecule has 1 aliphatic rings. The van der Waals surface area contributed by atoms with Crippen LogP contribution >= 0.6 is 0 Å².